The van der Waals surface area contributed by atoms with Crippen LogP contribution in [-0.4, -0.2) is 47.2 Å². The first kappa shape index (κ1) is 22.9. The maximum Gasteiger partial charge on any atom is 0.418 e. The fourth-order valence-corrected chi connectivity index (χ4v) is 3.94. The van der Waals surface area contributed by atoms with Crippen molar-refractivity contribution in [3.8, 4) is 11.5 Å². The number of hydrogen-bond donors (Lipinski definition) is 2. The zero-order chi connectivity index (χ0) is 24.1. The Morgan fingerprint density at radius 3 is 2.24 bits per heavy atom. The average molecular weight is 458 g/mol. The first-order chi connectivity index (χ1) is 16.5. The van der Waals surface area contributed by atoms with Crippen LogP contribution in [0.2, 0.25) is 0 Å². The van der Waals surface area contributed by atoms with E-state index in [2.05, 4.69) is 0 Å². The molecule has 174 valence electrons. The number of nitrogens with zero attached hydrogens (tertiary/aromatic N) is 2. The molecule has 4 rings (SSSR count). The number of carbonyl (C=O) groups is 1. The summed E-state index contributed by atoms with van der Waals surface area (Å²) in [4.78, 5) is 14.7. The maximum atomic E-state index is 12.0. The molecule has 3 aromatic carbocycles. The summed E-state index contributed by atoms with van der Waals surface area (Å²) < 4.78 is 11.1. The molecule has 1 heterocycles. The topological polar surface area (TPSA) is 86.1 Å². The summed E-state index contributed by atoms with van der Waals surface area (Å²) in [5.41, 5.74) is 3.48. The molecule has 7 nitrogen and oxygen atoms in total. The van der Waals surface area contributed by atoms with E-state index in [0.717, 1.165) is 33.1 Å². The van der Waals surface area contributed by atoms with Crippen LogP contribution in [0.25, 0.3) is 6.08 Å². The number of carboxylic acid groups (broad SMARTS) is 1. The Kier molecular flexibility index (Phi) is 6.82. The van der Waals surface area contributed by atoms with Crippen molar-refractivity contribution in [2.24, 2.45) is 0 Å². The number of guanidine groups is 1. The molecule has 7 heteroatoms. The molecular weight excluding hydrogens is 430 g/mol. The molecule has 34 heavy (non-hydrogen) atoms. The zero-order valence-electron chi connectivity index (χ0n) is 19.1. The van der Waals surface area contributed by atoms with E-state index in [1.807, 2.05) is 84.9 Å². The molecule has 1 atom stereocenters. The first-order valence-corrected chi connectivity index (χ1v) is 10.9. The fourth-order valence-electron chi connectivity index (χ4n) is 3.94. The molecule has 1 saturated heterocycles. The van der Waals surface area contributed by atoms with Gasteiger partial charge in [0.05, 0.1) is 18.8 Å². The molecule has 0 aliphatic carbocycles. The standard InChI is InChI=1S/C27H27N3O4/c1-29-24(16-19-10-14-23(15-11-19)34-18-21-6-4-3-5-7-21)25(30(26(29)28)27(31)32)17-20-8-12-22(33-2)13-9-20/h3-15,17,24,28H,16,18H2,1-2H3,(H,31,32)/b25-17-,28-26?. The minimum Gasteiger partial charge on any atom is -0.497 e. The van der Waals surface area contributed by atoms with E-state index in [-0.39, 0.29) is 12.0 Å². The summed E-state index contributed by atoms with van der Waals surface area (Å²) in [7, 11) is 3.34. The largest absolute Gasteiger partial charge is 0.497 e. The van der Waals surface area contributed by atoms with Gasteiger partial charge in [-0.1, -0.05) is 54.6 Å². The van der Waals surface area contributed by atoms with E-state index in [1.54, 1.807) is 19.1 Å². The van der Waals surface area contributed by atoms with Crippen LogP contribution in [0.4, 0.5) is 4.79 Å². The number of methoxy groups -OCH3 is 1. The van der Waals surface area contributed by atoms with Crippen LogP contribution >= 0.6 is 0 Å². The van der Waals surface area contributed by atoms with E-state index in [9.17, 15) is 9.90 Å². The highest BCUT2D eigenvalue weighted by Crippen LogP contribution is 2.30. The number of hydrogen-bond acceptors (Lipinski definition) is 4. The molecule has 1 aliphatic heterocycles. The van der Waals surface area contributed by atoms with Gasteiger partial charge in [-0.15, -0.1) is 0 Å². The summed E-state index contributed by atoms with van der Waals surface area (Å²) in [6.07, 6.45) is 1.18. The summed E-state index contributed by atoms with van der Waals surface area (Å²) in [5, 5.41) is 18.1. The van der Waals surface area contributed by atoms with Crippen molar-refractivity contribution in [1.82, 2.24) is 9.80 Å². The van der Waals surface area contributed by atoms with Crippen molar-refractivity contribution in [3.63, 3.8) is 0 Å². The van der Waals surface area contributed by atoms with Gasteiger partial charge in [0, 0.05) is 7.05 Å². The first-order valence-electron chi connectivity index (χ1n) is 10.9. The molecule has 1 aliphatic rings. The third kappa shape index (κ3) is 5.04. The van der Waals surface area contributed by atoms with Gasteiger partial charge in [0.25, 0.3) is 0 Å². The van der Waals surface area contributed by atoms with Crippen LogP contribution < -0.4 is 9.47 Å². The summed E-state index contributed by atoms with van der Waals surface area (Å²) in [6.45, 7) is 0.491. The number of rotatable bonds is 7. The molecule has 0 spiro atoms. The lowest BCUT2D eigenvalue weighted by atomic mass is 10.0. The van der Waals surface area contributed by atoms with Gasteiger partial charge in [-0.25, -0.2) is 9.69 Å². The maximum absolute atomic E-state index is 12.0. The Morgan fingerprint density at radius 2 is 1.62 bits per heavy atom. The van der Waals surface area contributed by atoms with Gasteiger partial charge in [0.2, 0.25) is 5.96 Å². The molecule has 0 aromatic heterocycles. The normalized spacial score (nSPS) is 16.7. The Hall–Kier alpha value is -4.26. The average Bonchev–Trinajstić information content (AvgIpc) is 3.09. The van der Waals surface area contributed by atoms with Crippen LogP contribution in [-0.2, 0) is 13.0 Å². The highest BCUT2D eigenvalue weighted by atomic mass is 16.5. The molecule has 1 amide bonds. The Balaban J connectivity index is 1.53. The van der Waals surface area contributed by atoms with Crippen molar-refractivity contribution >= 4 is 18.1 Å². The van der Waals surface area contributed by atoms with Crippen LogP contribution in [0.3, 0.4) is 0 Å². The van der Waals surface area contributed by atoms with Gasteiger partial charge in [-0.2, -0.15) is 0 Å². The van der Waals surface area contributed by atoms with E-state index in [1.165, 1.54) is 0 Å². The predicted molar refractivity (Wildman–Crippen MR) is 131 cm³/mol. The summed E-state index contributed by atoms with van der Waals surface area (Å²) >= 11 is 0. The minimum absolute atomic E-state index is 0.0694. The molecule has 1 unspecified atom stereocenters. The molecule has 1 fully saturated rings. The van der Waals surface area contributed by atoms with Crippen molar-refractivity contribution in [1.29, 1.82) is 5.41 Å². The molecule has 0 saturated carbocycles. The number of ether oxygens (including phenoxy) is 2. The van der Waals surface area contributed by atoms with Crippen molar-refractivity contribution < 1.29 is 19.4 Å². The lowest BCUT2D eigenvalue weighted by Gasteiger charge is -2.20. The van der Waals surface area contributed by atoms with Gasteiger partial charge in [-0.3, -0.25) is 5.41 Å². The second kappa shape index (κ2) is 10.1. The van der Waals surface area contributed by atoms with E-state index < -0.39 is 6.09 Å². The highest BCUT2D eigenvalue weighted by Gasteiger charge is 2.40. The number of likely N-dealkylation sites (N-methyl/N-ethyl adjacent to an activating group) is 1. The summed E-state index contributed by atoms with van der Waals surface area (Å²) in [6, 6.07) is 24.8. The molecule has 3 aromatic rings. The van der Waals surface area contributed by atoms with Crippen molar-refractivity contribution in [2.75, 3.05) is 14.2 Å². The Morgan fingerprint density at radius 1 is 0.971 bits per heavy atom. The van der Waals surface area contributed by atoms with Crippen LogP contribution in [0.5, 0.6) is 11.5 Å². The third-order valence-electron chi connectivity index (χ3n) is 5.84. The lowest BCUT2D eigenvalue weighted by Crippen LogP contribution is -2.34. The van der Waals surface area contributed by atoms with Crippen molar-refractivity contribution in [2.45, 2.75) is 19.1 Å². The van der Waals surface area contributed by atoms with Crippen LogP contribution in [0.1, 0.15) is 16.7 Å². The third-order valence-corrected chi connectivity index (χ3v) is 5.84. The molecule has 2 N–H and O–H groups in total. The van der Waals surface area contributed by atoms with Gasteiger partial charge >= 0.3 is 6.09 Å². The quantitative estimate of drug-likeness (QED) is 0.516. The number of amides is 1. The fraction of sp³-hybridized carbons (Fsp3) is 0.185. The lowest BCUT2D eigenvalue weighted by molar-refractivity contribution is 0.177. The van der Waals surface area contributed by atoms with Gasteiger partial charge in [0.15, 0.2) is 0 Å². The zero-order valence-corrected chi connectivity index (χ0v) is 19.1. The smallest absolute Gasteiger partial charge is 0.418 e. The van der Waals surface area contributed by atoms with Crippen molar-refractivity contribution in [3.05, 3.63) is 101 Å². The SMILES string of the molecule is COc1ccc(/C=C2/C(Cc3ccc(OCc4ccccc4)cc3)N(C)C(=N)N2C(=O)O)cc1. The number of nitrogens with one attached hydrogen (secondary N) is 1. The van der Waals surface area contributed by atoms with Crippen LogP contribution in [0, 0.1) is 5.41 Å². The van der Waals surface area contributed by atoms with Gasteiger partial charge in [-0.05, 0) is 53.5 Å². The molecule has 0 radical (unpaired) electrons. The van der Waals surface area contributed by atoms with Gasteiger partial charge in [0.1, 0.15) is 18.1 Å². The highest BCUT2D eigenvalue weighted by molar-refractivity contribution is 5.98. The summed E-state index contributed by atoms with van der Waals surface area (Å²) in [5.74, 6) is 1.42. The monoisotopic (exact) mass is 457 g/mol. The molecule has 0 bridgehead atoms. The van der Waals surface area contributed by atoms with E-state index in [4.69, 9.17) is 14.9 Å². The second-order valence-electron chi connectivity index (χ2n) is 8.03. The van der Waals surface area contributed by atoms with E-state index >= 15 is 0 Å². The minimum atomic E-state index is -1.18. The van der Waals surface area contributed by atoms with E-state index in [0.29, 0.717) is 18.7 Å². The Labute approximate surface area is 199 Å². The number of benzene rings is 3. The second-order valence-corrected chi connectivity index (χ2v) is 8.03. The molecular formula is C27H27N3O4. The Bertz CT molecular complexity index is 1170. The van der Waals surface area contributed by atoms with Gasteiger partial charge < -0.3 is 19.5 Å². The van der Waals surface area contributed by atoms with Crippen LogP contribution in [0.15, 0.2) is 84.6 Å². The predicted octanol–water partition coefficient (Wildman–Crippen LogP) is 5.09.